The molecule has 2 rings (SSSR count). The maximum absolute atomic E-state index is 12.1. The number of carbonyl (C=O) groups is 2. The molecule has 4 heteroatoms. The zero-order valence-electron chi connectivity index (χ0n) is 12.1. The molecule has 19 heavy (non-hydrogen) atoms. The Balaban J connectivity index is 1.67. The van der Waals surface area contributed by atoms with Gasteiger partial charge in [0.25, 0.3) is 0 Å². The molecule has 2 aliphatic rings. The summed E-state index contributed by atoms with van der Waals surface area (Å²) in [5.74, 6) is 0.735. The lowest BCUT2D eigenvalue weighted by Gasteiger charge is -2.32. The fourth-order valence-corrected chi connectivity index (χ4v) is 3.13. The van der Waals surface area contributed by atoms with Crippen LogP contribution < -0.4 is 0 Å². The molecule has 4 nitrogen and oxygen atoms in total. The Bertz CT molecular complexity index is 316. The number of nitrogens with zero attached hydrogens (tertiary/aromatic N) is 2. The van der Waals surface area contributed by atoms with Crippen LogP contribution in [0.5, 0.6) is 0 Å². The van der Waals surface area contributed by atoms with Crippen molar-refractivity contribution in [3.8, 4) is 0 Å². The van der Waals surface area contributed by atoms with Gasteiger partial charge in [-0.25, -0.2) is 0 Å². The van der Waals surface area contributed by atoms with E-state index in [2.05, 4.69) is 4.90 Å². The van der Waals surface area contributed by atoms with E-state index in [0.717, 1.165) is 45.6 Å². The summed E-state index contributed by atoms with van der Waals surface area (Å²) >= 11 is 0. The molecule has 0 atom stereocenters. The second-order valence-electron chi connectivity index (χ2n) is 5.92. The Morgan fingerprint density at radius 1 is 1.00 bits per heavy atom. The van der Waals surface area contributed by atoms with Gasteiger partial charge in [-0.05, 0) is 45.7 Å². The first-order valence-electron chi connectivity index (χ1n) is 7.67. The molecule has 0 aromatic rings. The van der Waals surface area contributed by atoms with Crippen LogP contribution >= 0.6 is 0 Å². The van der Waals surface area contributed by atoms with Crippen LogP contribution in [0, 0.1) is 5.92 Å². The van der Waals surface area contributed by atoms with Crippen LogP contribution in [0.15, 0.2) is 0 Å². The van der Waals surface area contributed by atoms with Gasteiger partial charge in [-0.1, -0.05) is 6.42 Å². The van der Waals surface area contributed by atoms with E-state index in [1.54, 1.807) is 6.92 Å². The van der Waals surface area contributed by atoms with Gasteiger partial charge in [0.05, 0.1) is 0 Å². The lowest BCUT2D eigenvalue weighted by molar-refractivity contribution is -0.135. The van der Waals surface area contributed by atoms with Crippen molar-refractivity contribution in [2.24, 2.45) is 5.92 Å². The van der Waals surface area contributed by atoms with Gasteiger partial charge in [0.15, 0.2) is 0 Å². The summed E-state index contributed by atoms with van der Waals surface area (Å²) in [5.41, 5.74) is 0. The molecule has 0 N–H and O–H groups in total. The van der Waals surface area contributed by atoms with E-state index >= 15 is 0 Å². The molecular formula is C15H26N2O2. The average Bonchev–Trinajstić information content (AvgIpc) is 2.46. The molecule has 0 saturated carbocycles. The van der Waals surface area contributed by atoms with Crippen LogP contribution in [0.3, 0.4) is 0 Å². The summed E-state index contributed by atoms with van der Waals surface area (Å²) in [6.45, 7) is 6.41. The van der Waals surface area contributed by atoms with Gasteiger partial charge >= 0.3 is 0 Å². The number of hydrogen-bond acceptors (Lipinski definition) is 3. The smallest absolute Gasteiger partial charge is 0.223 e. The maximum Gasteiger partial charge on any atom is 0.223 e. The van der Waals surface area contributed by atoms with Crippen LogP contribution in [-0.2, 0) is 9.59 Å². The summed E-state index contributed by atoms with van der Waals surface area (Å²) < 4.78 is 0. The third kappa shape index (κ3) is 4.30. The second kappa shape index (κ2) is 7.04. The number of likely N-dealkylation sites (tertiary alicyclic amines) is 2. The summed E-state index contributed by atoms with van der Waals surface area (Å²) in [7, 11) is 0. The minimum atomic E-state index is 0.186. The summed E-state index contributed by atoms with van der Waals surface area (Å²) in [5, 5.41) is 0. The fraction of sp³-hybridized carbons (Fsp3) is 0.867. The Hall–Kier alpha value is -0.900. The number of amides is 1. The molecule has 1 amide bonds. The van der Waals surface area contributed by atoms with E-state index in [1.807, 2.05) is 4.90 Å². The van der Waals surface area contributed by atoms with E-state index in [0.29, 0.717) is 6.42 Å². The van der Waals surface area contributed by atoms with Crippen molar-refractivity contribution in [2.75, 3.05) is 32.7 Å². The molecule has 2 saturated heterocycles. The second-order valence-corrected chi connectivity index (χ2v) is 5.92. The average molecular weight is 266 g/mol. The number of ketones is 1. The number of Topliss-reactive ketones (excluding diaryl/α,β-unsaturated/α-hetero) is 1. The minimum absolute atomic E-state index is 0.186. The molecule has 0 spiro atoms. The van der Waals surface area contributed by atoms with Crippen LogP contribution in [0.25, 0.3) is 0 Å². The van der Waals surface area contributed by atoms with Crippen LogP contribution in [-0.4, -0.2) is 54.2 Å². The van der Waals surface area contributed by atoms with Crippen molar-refractivity contribution in [3.63, 3.8) is 0 Å². The number of rotatable bonds is 4. The zero-order valence-corrected chi connectivity index (χ0v) is 12.1. The van der Waals surface area contributed by atoms with Crippen LogP contribution in [0.4, 0.5) is 0 Å². The molecule has 108 valence electrons. The molecule has 0 bridgehead atoms. The van der Waals surface area contributed by atoms with Gasteiger partial charge in [-0.3, -0.25) is 9.59 Å². The lowest BCUT2D eigenvalue weighted by atomic mass is 9.93. The molecule has 2 aliphatic heterocycles. The largest absolute Gasteiger partial charge is 0.343 e. The van der Waals surface area contributed by atoms with Crippen molar-refractivity contribution in [2.45, 2.75) is 45.4 Å². The van der Waals surface area contributed by atoms with Crippen molar-refractivity contribution in [1.29, 1.82) is 0 Å². The fourth-order valence-electron chi connectivity index (χ4n) is 3.13. The third-order valence-corrected chi connectivity index (χ3v) is 4.51. The normalized spacial score (nSPS) is 22.5. The standard InChI is InChI=1S/C15H26N2O2/c1-13(18)14-5-11-17(12-6-14)15(19)7-10-16-8-3-2-4-9-16/h14H,2-12H2,1H3. The monoisotopic (exact) mass is 266 g/mol. The molecule has 0 radical (unpaired) electrons. The molecule has 2 heterocycles. The molecule has 2 fully saturated rings. The highest BCUT2D eigenvalue weighted by molar-refractivity contribution is 5.79. The Kier molecular flexibility index (Phi) is 5.37. The van der Waals surface area contributed by atoms with E-state index < -0.39 is 0 Å². The number of carbonyl (C=O) groups excluding carboxylic acids is 2. The summed E-state index contributed by atoms with van der Waals surface area (Å²) in [6, 6.07) is 0. The molecule has 0 aromatic heterocycles. The SMILES string of the molecule is CC(=O)C1CCN(C(=O)CCN2CCCCC2)CC1. The first-order chi connectivity index (χ1) is 9.16. The van der Waals surface area contributed by atoms with E-state index in [-0.39, 0.29) is 17.6 Å². The van der Waals surface area contributed by atoms with E-state index in [1.165, 1.54) is 19.3 Å². The number of piperidine rings is 2. The van der Waals surface area contributed by atoms with Gasteiger partial charge in [0.1, 0.15) is 5.78 Å². The third-order valence-electron chi connectivity index (χ3n) is 4.51. The topological polar surface area (TPSA) is 40.6 Å². The number of hydrogen-bond donors (Lipinski definition) is 0. The summed E-state index contributed by atoms with van der Waals surface area (Å²) in [6.07, 6.45) is 6.24. The quantitative estimate of drug-likeness (QED) is 0.777. The Morgan fingerprint density at radius 2 is 1.63 bits per heavy atom. The Morgan fingerprint density at radius 3 is 2.21 bits per heavy atom. The molecule has 0 unspecified atom stereocenters. The highest BCUT2D eigenvalue weighted by Gasteiger charge is 2.25. The molecular weight excluding hydrogens is 240 g/mol. The minimum Gasteiger partial charge on any atom is -0.343 e. The van der Waals surface area contributed by atoms with Gasteiger partial charge < -0.3 is 9.80 Å². The zero-order chi connectivity index (χ0) is 13.7. The van der Waals surface area contributed by atoms with Crippen LogP contribution in [0.1, 0.15) is 45.4 Å². The maximum atomic E-state index is 12.1. The van der Waals surface area contributed by atoms with Gasteiger partial charge in [0.2, 0.25) is 5.91 Å². The highest BCUT2D eigenvalue weighted by Crippen LogP contribution is 2.18. The van der Waals surface area contributed by atoms with Gasteiger partial charge in [-0.15, -0.1) is 0 Å². The van der Waals surface area contributed by atoms with E-state index in [9.17, 15) is 9.59 Å². The predicted molar refractivity (Wildman–Crippen MR) is 74.9 cm³/mol. The summed E-state index contributed by atoms with van der Waals surface area (Å²) in [4.78, 5) is 27.8. The van der Waals surface area contributed by atoms with Crippen molar-refractivity contribution < 1.29 is 9.59 Å². The van der Waals surface area contributed by atoms with Gasteiger partial charge in [0, 0.05) is 32.0 Å². The van der Waals surface area contributed by atoms with Gasteiger partial charge in [-0.2, -0.15) is 0 Å². The predicted octanol–water partition coefficient (Wildman–Crippen LogP) is 1.69. The van der Waals surface area contributed by atoms with Crippen molar-refractivity contribution in [3.05, 3.63) is 0 Å². The Labute approximate surface area is 116 Å². The molecule has 0 aliphatic carbocycles. The molecule has 0 aromatic carbocycles. The van der Waals surface area contributed by atoms with Crippen molar-refractivity contribution in [1.82, 2.24) is 9.80 Å². The van der Waals surface area contributed by atoms with Crippen LogP contribution in [0.2, 0.25) is 0 Å². The van der Waals surface area contributed by atoms with E-state index in [4.69, 9.17) is 0 Å². The highest BCUT2D eigenvalue weighted by atomic mass is 16.2. The lowest BCUT2D eigenvalue weighted by Crippen LogP contribution is -2.41. The van der Waals surface area contributed by atoms with Crippen molar-refractivity contribution >= 4 is 11.7 Å². The first kappa shape index (κ1) is 14.5. The first-order valence-corrected chi connectivity index (χ1v) is 7.67.